The van der Waals surface area contributed by atoms with E-state index in [1.165, 1.54) is 0 Å². The number of nitrogens with one attached hydrogen (secondary N) is 1. The number of urea groups is 1. The number of aliphatic hydroxyl groups is 1. The zero-order chi connectivity index (χ0) is 13.3. The minimum absolute atomic E-state index is 0.0405. The van der Waals surface area contributed by atoms with Crippen LogP contribution in [-0.4, -0.2) is 71.5 Å². The van der Waals surface area contributed by atoms with Crippen LogP contribution in [0.5, 0.6) is 0 Å². The van der Waals surface area contributed by atoms with Gasteiger partial charge < -0.3 is 25.0 Å². The first-order valence-electron chi connectivity index (χ1n) is 6.66. The Morgan fingerprint density at radius 3 is 2.42 bits per heavy atom. The Balaban J connectivity index is 1.29. The monoisotopic (exact) mass is 267 g/mol. The molecule has 104 valence electrons. The van der Waals surface area contributed by atoms with Gasteiger partial charge in [0.15, 0.2) is 0 Å². The van der Waals surface area contributed by atoms with Gasteiger partial charge in [-0.2, -0.15) is 0 Å². The summed E-state index contributed by atoms with van der Waals surface area (Å²) in [5.41, 5.74) is -0.149. The number of ether oxygens (including phenoxy) is 1. The van der Waals surface area contributed by atoms with Crippen molar-refractivity contribution in [2.45, 2.75) is 24.5 Å². The molecule has 19 heavy (non-hydrogen) atoms. The Labute approximate surface area is 110 Å². The van der Waals surface area contributed by atoms with Gasteiger partial charge in [0.05, 0.1) is 19.2 Å². The Hall–Kier alpha value is -1.50. The molecule has 4 fully saturated rings. The molecule has 3 aliphatic heterocycles. The number of rotatable bonds is 0. The number of carbonyl (C=O) groups is 2. The van der Waals surface area contributed by atoms with Crippen molar-refractivity contribution in [1.82, 2.24) is 15.1 Å². The van der Waals surface area contributed by atoms with Crippen molar-refractivity contribution in [3.8, 4) is 0 Å². The average molecular weight is 267 g/mol. The van der Waals surface area contributed by atoms with Gasteiger partial charge in [0.2, 0.25) is 0 Å². The van der Waals surface area contributed by atoms with E-state index in [-0.39, 0.29) is 23.1 Å². The van der Waals surface area contributed by atoms with Crippen LogP contribution in [0, 0.1) is 5.41 Å². The zero-order valence-electron chi connectivity index (χ0n) is 10.6. The lowest BCUT2D eigenvalue weighted by molar-refractivity contribution is -0.117. The second kappa shape index (κ2) is 3.33. The molecule has 7 nitrogen and oxygen atoms in total. The van der Waals surface area contributed by atoms with Gasteiger partial charge in [-0.1, -0.05) is 0 Å². The van der Waals surface area contributed by atoms with E-state index in [1.54, 1.807) is 4.90 Å². The number of carbonyl (C=O) groups excluding carboxylic acids is 2. The van der Waals surface area contributed by atoms with Crippen LogP contribution in [0.4, 0.5) is 9.59 Å². The molecule has 1 aliphatic carbocycles. The molecule has 0 atom stereocenters. The van der Waals surface area contributed by atoms with Crippen LogP contribution in [0.25, 0.3) is 0 Å². The summed E-state index contributed by atoms with van der Waals surface area (Å²) in [5.74, 6) is 0. The van der Waals surface area contributed by atoms with Crippen molar-refractivity contribution in [2.75, 3.05) is 32.8 Å². The average Bonchev–Trinajstić information content (AvgIpc) is 2.61. The number of hydrogen-bond donors (Lipinski definition) is 2. The predicted octanol–water partition coefficient (Wildman–Crippen LogP) is -0.643. The molecule has 0 unspecified atom stereocenters. The Kier molecular flexibility index (Phi) is 1.99. The first-order valence-corrected chi connectivity index (χ1v) is 6.66. The number of nitrogens with zero attached hydrogens (tertiary/aromatic N) is 2. The molecule has 7 heteroatoms. The summed E-state index contributed by atoms with van der Waals surface area (Å²) in [6, 6.07) is 0.0405. The fraction of sp³-hybridized carbons (Fsp3) is 0.833. The normalized spacial score (nSPS) is 30.5. The number of hydrogen-bond acceptors (Lipinski definition) is 4. The number of aliphatic hydroxyl groups excluding tert-OH is 1. The lowest BCUT2D eigenvalue weighted by atomic mass is 9.62. The van der Waals surface area contributed by atoms with Crippen LogP contribution in [0.3, 0.4) is 0 Å². The van der Waals surface area contributed by atoms with Crippen LogP contribution in [0.15, 0.2) is 0 Å². The molecule has 0 bridgehead atoms. The van der Waals surface area contributed by atoms with E-state index < -0.39 is 6.09 Å². The molecule has 3 amide bonds. The zero-order valence-corrected chi connectivity index (χ0v) is 10.6. The van der Waals surface area contributed by atoms with E-state index in [0.717, 1.165) is 25.9 Å². The lowest BCUT2D eigenvalue weighted by Gasteiger charge is -2.59. The first kappa shape index (κ1) is 11.3. The maximum absolute atomic E-state index is 12.2. The molecule has 0 aromatic heterocycles. The van der Waals surface area contributed by atoms with Crippen molar-refractivity contribution in [1.29, 1.82) is 0 Å². The molecule has 4 aliphatic rings. The predicted molar refractivity (Wildman–Crippen MR) is 63.4 cm³/mol. The second-order valence-corrected chi connectivity index (χ2v) is 6.54. The lowest BCUT2D eigenvalue weighted by Crippen LogP contribution is -2.74. The highest BCUT2D eigenvalue weighted by Crippen LogP contribution is 2.48. The van der Waals surface area contributed by atoms with Gasteiger partial charge in [-0.05, 0) is 12.8 Å². The van der Waals surface area contributed by atoms with Gasteiger partial charge in [-0.25, -0.2) is 9.59 Å². The second-order valence-electron chi connectivity index (χ2n) is 6.54. The standard InChI is InChI=1S/C12H17N3O4/c16-8-1-11(2-8)3-14(4-11)10(18)15-5-12(6-15)7-19-9(17)13-12/h8,16H,1-7H2,(H,13,17). The highest BCUT2D eigenvalue weighted by Gasteiger charge is 2.57. The van der Waals surface area contributed by atoms with Crippen molar-refractivity contribution in [3.63, 3.8) is 0 Å². The quantitative estimate of drug-likeness (QED) is 0.611. The molecule has 3 heterocycles. The van der Waals surface area contributed by atoms with Gasteiger partial charge in [0.1, 0.15) is 12.1 Å². The Morgan fingerprint density at radius 2 is 1.89 bits per heavy atom. The third-order valence-corrected chi connectivity index (χ3v) is 4.76. The van der Waals surface area contributed by atoms with Crippen LogP contribution < -0.4 is 5.32 Å². The molecular formula is C12H17N3O4. The van der Waals surface area contributed by atoms with Gasteiger partial charge in [0, 0.05) is 18.5 Å². The molecule has 0 radical (unpaired) electrons. The molecule has 0 aromatic carbocycles. The smallest absolute Gasteiger partial charge is 0.407 e. The van der Waals surface area contributed by atoms with Gasteiger partial charge in [0.25, 0.3) is 0 Å². The first-order chi connectivity index (χ1) is 8.99. The van der Waals surface area contributed by atoms with Gasteiger partial charge >= 0.3 is 12.1 Å². The molecule has 2 spiro atoms. The minimum Gasteiger partial charge on any atom is -0.447 e. The number of amides is 3. The highest BCUT2D eigenvalue weighted by molar-refractivity contribution is 5.78. The van der Waals surface area contributed by atoms with Crippen LogP contribution in [-0.2, 0) is 4.74 Å². The minimum atomic E-state index is -0.390. The maximum atomic E-state index is 12.2. The Bertz CT molecular complexity index is 446. The summed E-state index contributed by atoms with van der Waals surface area (Å²) >= 11 is 0. The van der Waals surface area contributed by atoms with E-state index in [9.17, 15) is 14.7 Å². The van der Waals surface area contributed by atoms with Crippen LogP contribution >= 0.6 is 0 Å². The summed E-state index contributed by atoms with van der Waals surface area (Å²) in [6.07, 6.45) is 1.09. The maximum Gasteiger partial charge on any atom is 0.407 e. The topological polar surface area (TPSA) is 82.1 Å². The molecular weight excluding hydrogens is 250 g/mol. The fourth-order valence-corrected chi connectivity index (χ4v) is 3.78. The largest absolute Gasteiger partial charge is 0.447 e. The van der Waals surface area contributed by atoms with E-state index in [1.807, 2.05) is 4.90 Å². The van der Waals surface area contributed by atoms with Crippen molar-refractivity contribution in [3.05, 3.63) is 0 Å². The number of alkyl carbamates (subject to hydrolysis) is 1. The summed E-state index contributed by atoms with van der Waals surface area (Å²) in [7, 11) is 0. The fourth-order valence-electron chi connectivity index (χ4n) is 3.78. The molecule has 0 aromatic rings. The van der Waals surface area contributed by atoms with Gasteiger partial charge in [-0.15, -0.1) is 0 Å². The van der Waals surface area contributed by atoms with Crippen LogP contribution in [0.1, 0.15) is 12.8 Å². The molecule has 4 rings (SSSR count). The van der Waals surface area contributed by atoms with Crippen molar-refractivity contribution >= 4 is 12.1 Å². The molecule has 2 N–H and O–H groups in total. The third-order valence-electron chi connectivity index (χ3n) is 4.76. The third kappa shape index (κ3) is 1.54. The number of cyclic esters (lactones) is 1. The van der Waals surface area contributed by atoms with Crippen molar-refractivity contribution < 1.29 is 19.4 Å². The van der Waals surface area contributed by atoms with E-state index >= 15 is 0 Å². The summed E-state index contributed by atoms with van der Waals surface area (Å²) in [5, 5.41) is 12.1. The SMILES string of the molecule is O=C1NC2(CO1)CN(C(=O)N1CC3(CC(O)C3)C1)C2. The van der Waals surface area contributed by atoms with Crippen LogP contribution in [0.2, 0.25) is 0 Å². The molecule has 1 saturated carbocycles. The highest BCUT2D eigenvalue weighted by atomic mass is 16.6. The van der Waals surface area contributed by atoms with E-state index in [0.29, 0.717) is 19.7 Å². The number of likely N-dealkylation sites (tertiary alicyclic amines) is 2. The van der Waals surface area contributed by atoms with Gasteiger partial charge in [-0.3, -0.25) is 0 Å². The molecule has 3 saturated heterocycles. The van der Waals surface area contributed by atoms with E-state index in [2.05, 4.69) is 5.32 Å². The van der Waals surface area contributed by atoms with Crippen molar-refractivity contribution in [2.24, 2.45) is 5.41 Å². The summed E-state index contributed by atoms with van der Waals surface area (Å²) in [6.45, 7) is 2.93. The summed E-state index contributed by atoms with van der Waals surface area (Å²) in [4.78, 5) is 26.8. The van der Waals surface area contributed by atoms with E-state index in [4.69, 9.17) is 4.74 Å². The Morgan fingerprint density at radius 1 is 1.26 bits per heavy atom. The summed E-state index contributed by atoms with van der Waals surface area (Å²) < 4.78 is 4.88.